The molecule has 3 N–H and O–H groups in total. The minimum atomic E-state index is -4.90. The molecule has 0 aliphatic heterocycles. The lowest BCUT2D eigenvalue weighted by Gasteiger charge is -2.21. The molecule has 0 amide bonds. The molecule has 0 aromatic carbocycles. The molecule has 0 rings (SSSR count). The number of allylic oxidation sites excluding steroid dienone is 4. The fourth-order valence-corrected chi connectivity index (χ4v) is 12.6. The van der Waals surface area contributed by atoms with Crippen LogP contribution in [0.15, 0.2) is 24.3 Å². The van der Waals surface area contributed by atoms with Gasteiger partial charge in [0, 0.05) is 38.9 Å². The number of unbranched alkanes of at least 4 members (excludes halogenated alkanes) is 46. The Morgan fingerprint density at radius 1 is 0.340 bits per heavy atom. The van der Waals surface area contributed by atoms with Crippen LogP contribution in [0.2, 0.25) is 0 Å². The Morgan fingerprint density at radius 2 is 0.638 bits per heavy atom. The first kappa shape index (κ1) is 91.9. The molecule has 2 unspecified atom stereocenters. The average Bonchev–Trinajstić information content (AvgIpc) is 2.59. The summed E-state index contributed by atoms with van der Waals surface area (Å²) in [6.45, 7) is 2.58. The van der Waals surface area contributed by atoms with E-state index in [9.17, 15) is 43.2 Å². The maximum atomic E-state index is 13.1. The lowest BCUT2D eigenvalue weighted by molar-refractivity contribution is -0.161. The third kappa shape index (κ3) is 71.2. The largest absolute Gasteiger partial charge is 0.472 e. The number of hydrogen-bond acceptors (Lipinski definition) is 15. The van der Waals surface area contributed by atoms with Gasteiger partial charge in [0.25, 0.3) is 0 Å². The lowest BCUT2D eigenvalue weighted by atomic mass is 10.0. The molecule has 0 spiro atoms. The van der Waals surface area contributed by atoms with Gasteiger partial charge in [0.2, 0.25) is 0 Å². The summed E-state index contributed by atoms with van der Waals surface area (Å²) < 4.78 is 69.9. The predicted molar refractivity (Wildman–Crippen MR) is 382 cm³/mol. The minimum absolute atomic E-state index is 0.127. The Labute approximate surface area is 573 Å². The second-order valence-corrected chi connectivity index (χ2v) is 29.1. The fourth-order valence-electron chi connectivity index (χ4n) is 11.0. The fraction of sp³-hybridized carbons (Fsp3) is 0.893. The summed E-state index contributed by atoms with van der Waals surface area (Å²) in [4.78, 5) is 67.9. The van der Waals surface area contributed by atoms with Crippen LogP contribution in [-0.4, -0.2) is 111 Å². The van der Waals surface area contributed by atoms with Crippen molar-refractivity contribution in [3.8, 4) is 0 Å². The molecule has 0 radical (unpaired) electrons. The van der Waals surface area contributed by atoms with E-state index in [1.807, 2.05) is 0 Å². The molecule has 0 bridgehead atoms. The second-order valence-electron chi connectivity index (χ2n) is 26.2. The van der Waals surface area contributed by atoms with Crippen LogP contribution in [0.1, 0.15) is 361 Å². The Kier molecular flexibility index (Phi) is 70.5. The smallest absolute Gasteiger partial charge is 0.462 e. The molecule has 0 saturated heterocycles. The monoisotopic (exact) mass is 1380 g/mol. The minimum Gasteiger partial charge on any atom is -0.462 e. The van der Waals surface area contributed by atoms with Crippen LogP contribution < -0.4 is 0 Å². The highest BCUT2D eigenvalue weighted by atomic mass is 31.2. The van der Waals surface area contributed by atoms with Crippen molar-refractivity contribution in [2.75, 3.05) is 52.9 Å². The number of carbonyl (C=O) groups is 4. The zero-order chi connectivity index (χ0) is 68.6. The van der Waals surface area contributed by atoms with Crippen molar-refractivity contribution in [3.63, 3.8) is 0 Å². The van der Waals surface area contributed by atoms with Crippen LogP contribution in [0.5, 0.6) is 0 Å². The molecular weight excluding hydrogens is 1230 g/mol. The Bertz CT molecular complexity index is 1820. The number of ether oxygens (including phenoxy) is 4. The predicted octanol–water partition coefficient (Wildman–Crippen LogP) is 21.1. The van der Waals surface area contributed by atoms with Gasteiger partial charge in [-0.1, -0.05) is 269 Å². The topological polar surface area (TPSA) is 237 Å². The molecule has 0 aliphatic carbocycles. The Hall–Kier alpha value is -2.14. The van der Waals surface area contributed by atoms with E-state index in [4.69, 9.17) is 37.0 Å². The van der Waals surface area contributed by atoms with Gasteiger partial charge in [-0.3, -0.25) is 27.7 Å². The van der Waals surface area contributed by atoms with E-state index >= 15 is 0 Å². The van der Waals surface area contributed by atoms with E-state index in [1.165, 1.54) is 148 Å². The Morgan fingerprint density at radius 3 is 1.01 bits per heavy atom. The standard InChI is InChI=1S/C75H142O17P2/c1-3-5-7-9-11-13-15-23-29-35-41-47-53-59-74(79)87-68-73(92-75(80)60-54-48-42-36-30-24-16-14-12-10-8-6-4-2)70-91-94(83,84)89-66-71(78)65-88-93(81,82)90-69-72(67-85-63-57-51-45-39-33-27-22-20-26-32-38-44-50-56-62-77)86-64-58-52-46-40-34-28-21-18-17-19-25-31-37-43-49-55-61-76/h17,19-20,22,61-62,71-73,78H,3-16,18,21,23-60,63-70H2,1-2H3,(H,81,82)(H,83,84)/b19-17-,22-20-/t71-,72-,73-/m1/s1. The van der Waals surface area contributed by atoms with Crippen LogP contribution in [0.3, 0.4) is 0 Å². The summed E-state index contributed by atoms with van der Waals surface area (Å²) in [5.74, 6) is -1.02. The third-order valence-corrected chi connectivity index (χ3v) is 18.9. The normalized spacial score (nSPS) is 14.1. The third-order valence-electron chi connectivity index (χ3n) is 17.0. The molecule has 0 aromatic rings. The highest BCUT2D eigenvalue weighted by molar-refractivity contribution is 7.47. The zero-order valence-electron chi connectivity index (χ0n) is 60.0. The number of phosphoric ester groups is 2. The summed E-state index contributed by atoms with van der Waals surface area (Å²) in [6.07, 6.45) is 65.6. The summed E-state index contributed by atoms with van der Waals surface area (Å²) >= 11 is 0. The first-order valence-electron chi connectivity index (χ1n) is 38.5. The van der Waals surface area contributed by atoms with Gasteiger partial charge in [0.15, 0.2) is 6.10 Å². The number of aldehydes is 2. The quantitative estimate of drug-likeness (QED) is 0.0169. The first-order valence-corrected chi connectivity index (χ1v) is 41.5. The molecule has 17 nitrogen and oxygen atoms in total. The van der Waals surface area contributed by atoms with Gasteiger partial charge in [-0.2, -0.15) is 0 Å². The van der Waals surface area contributed by atoms with Crippen LogP contribution in [0.25, 0.3) is 0 Å². The maximum Gasteiger partial charge on any atom is 0.472 e. The van der Waals surface area contributed by atoms with Gasteiger partial charge in [0.05, 0.1) is 33.0 Å². The lowest BCUT2D eigenvalue weighted by Crippen LogP contribution is -2.30. The van der Waals surface area contributed by atoms with Crippen molar-refractivity contribution in [1.29, 1.82) is 0 Å². The highest BCUT2D eigenvalue weighted by Crippen LogP contribution is 2.45. The van der Waals surface area contributed by atoms with Crippen molar-refractivity contribution in [2.45, 2.75) is 379 Å². The van der Waals surface area contributed by atoms with Crippen molar-refractivity contribution in [1.82, 2.24) is 0 Å². The number of rotatable bonds is 78. The van der Waals surface area contributed by atoms with Crippen LogP contribution >= 0.6 is 15.6 Å². The van der Waals surface area contributed by atoms with Crippen LogP contribution in [-0.2, 0) is 65.4 Å². The first-order chi connectivity index (χ1) is 45.9. The van der Waals surface area contributed by atoms with Crippen molar-refractivity contribution in [3.05, 3.63) is 24.3 Å². The van der Waals surface area contributed by atoms with Gasteiger partial charge >= 0.3 is 27.6 Å². The van der Waals surface area contributed by atoms with Crippen molar-refractivity contribution < 1.29 is 80.2 Å². The molecular formula is C75H142O17P2. The average molecular weight is 1380 g/mol. The zero-order valence-corrected chi connectivity index (χ0v) is 61.8. The van der Waals surface area contributed by atoms with Gasteiger partial charge in [-0.25, -0.2) is 9.13 Å². The van der Waals surface area contributed by atoms with E-state index in [0.29, 0.717) is 38.9 Å². The van der Waals surface area contributed by atoms with Gasteiger partial charge < -0.3 is 43.4 Å². The number of hydrogen-bond donors (Lipinski definition) is 3. The highest BCUT2D eigenvalue weighted by Gasteiger charge is 2.30. The number of aliphatic hydroxyl groups excluding tert-OH is 1. The van der Waals surface area contributed by atoms with Crippen LogP contribution in [0, 0.1) is 0 Å². The molecule has 0 saturated carbocycles. The molecule has 554 valence electrons. The van der Waals surface area contributed by atoms with Gasteiger partial charge in [0.1, 0.15) is 31.4 Å². The summed E-state index contributed by atoms with van der Waals surface area (Å²) in [6, 6.07) is 0. The molecule has 0 aromatic heterocycles. The van der Waals surface area contributed by atoms with Crippen molar-refractivity contribution >= 4 is 40.2 Å². The van der Waals surface area contributed by atoms with E-state index in [2.05, 4.69) is 38.2 Å². The number of aliphatic hydroxyl groups is 1. The molecule has 0 fully saturated rings. The molecule has 0 aliphatic rings. The molecule has 94 heavy (non-hydrogen) atoms. The van der Waals surface area contributed by atoms with E-state index < -0.39 is 65.7 Å². The summed E-state index contributed by atoms with van der Waals surface area (Å²) in [7, 11) is -9.66. The number of carbonyl (C=O) groups excluding carboxylic acids is 4. The van der Waals surface area contributed by atoms with E-state index in [1.54, 1.807) is 0 Å². The van der Waals surface area contributed by atoms with E-state index in [-0.39, 0.29) is 32.7 Å². The second kappa shape index (κ2) is 72.1. The van der Waals surface area contributed by atoms with E-state index in [0.717, 1.165) is 173 Å². The molecule has 5 atom stereocenters. The Balaban J connectivity index is 5.14. The summed E-state index contributed by atoms with van der Waals surface area (Å²) in [5, 5.41) is 10.6. The molecule has 19 heteroatoms. The van der Waals surface area contributed by atoms with Gasteiger partial charge in [-0.05, 0) is 89.9 Å². The number of phosphoric acid groups is 2. The SMILES string of the molecule is CCCCCCCCCCCCCCCC(=O)OC[C@H](COP(=O)(O)OC[C@H](O)COP(=O)(O)OC[C@@H](COCCCCCCC/C=C\CCCCCCC=O)OCCCCCCCCC/C=C\CCCCCCC=O)OC(=O)CCCCCCCCCCCCCCC. The molecule has 0 heterocycles. The van der Waals surface area contributed by atoms with Crippen molar-refractivity contribution in [2.24, 2.45) is 0 Å². The summed E-state index contributed by atoms with van der Waals surface area (Å²) in [5.41, 5.74) is 0. The maximum absolute atomic E-state index is 13.1. The van der Waals surface area contributed by atoms with Gasteiger partial charge in [-0.15, -0.1) is 0 Å². The number of esters is 2. The van der Waals surface area contributed by atoms with Crippen LogP contribution in [0.4, 0.5) is 0 Å².